The molecule has 120 valence electrons. The van der Waals surface area contributed by atoms with E-state index in [9.17, 15) is 23.1 Å². The average Bonchev–Trinajstić information content (AvgIpc) is 2.77. The van der Waals surface area contributed by atoms with Crippen LogP contribution in [-0.4, -0.2) is 33.6 Å². The number of hydrogen-bond acceptors (Lipinski definition) is 3. The summed E-state index contributed by atoms with van der Waals surface area (Å²) >= 11 is 3.18. The Morgan fingerprint density at radius 3 is 2.50 bits per heavy atom. The van der Waals surface area contributed by atoms with Crippen LogP contribution in [0.3, 0.4) is 0 Å². The molecule has 1 heterocycles. The Labute approximate surface area is 133 Å². The highest BCUT2D eigenvalue weighted by molar-refractivity contribution is 9.10. The van der Waals surface area contributed by atoms with E-state index in [0.717, 1.165) is 0 Å². The molecular formula is C14H14BrF3N2O2. The van der Waals surface area contributed by atoms with Crippen molar-refractivity contribution in [1.82, 2.24) is 5.01 Å². The van der Waals surface area contributed by atoms with Gasteiger partial charge in [0.1, 0.15) is 0 Å². The quantitative estimate of drug-likeness (QED) is 0.871. The van der Waals surface area contributed by atoms with E-state index in [-0.39, 0.29) is 16.3 Å². The fourth-order valence-electron chi connectivity index (χ4n) is 2.19. The van der Waals surface area contributed by atoms with E-state index >= 15 is 0 Å². The fraction of sp³-hybridized carbons (Fsp3) is 0.429. The molecule has 8 heteroatoms. The van der Waals surface area contributed by atoms with Gasteiger partial charge in [0.05, 0.1) is 0 Å². The van der Waals surface area contributed by atoms with E-state index in [0.29, 0.717) is 17.3 Å². The Hall–Kier alpha value is -1.41. The van der Waals surface area contributed by atoms with Gasteiger partial charge in [-0.25, -0.2) is 0 Å². The molecule has 1 unspecified atom stereocenters. The summed E-state index contributed by atoms with van der Waals surface area (Å²) in [6.45, 7) is 1.79. The zero-order valence-corrected chi connectivity index (χ0v) is 13.3. The summed E-state index contributed by atoms with van der Waals surface area (Å²) in [5.74, 6) is -0.988. The standard InChI is InChI=1S/C14H14BrF3N2O2/c1-2-3-11-8-13(22,14(16,17)18)20(19-11)12(21)9-4-6-10(15)7-5-9/h4-7,22H,2-3,8H2,1H3. The first-order valence-electron chi connectivity index (χ1n) is 6.64. The SMILES string of the molecule is CCCC1=NN(C(=O)c2ccc(Br)cc2)C(O)(C(F)(F)F)C1. The lowest BCUT2D eigenvalue weighted by molar-refractivity contribution is -0.297. The largest absolute Gasteiger partial charge is 0.438 e. The van der Waals surface area contributed by atoms with Crippen LogP contribution in [0.2, 0.25) is 0 Å². The van der Waals surface area contributed by atoms with Crippen LogP contribution in [0.15, 0.2) is 33.8 Å². The maximum absolute atomic E-state index is 13.2. The highest BCUT2D eigenvalue weighted by Crippen LogP contribution is 2.41. The lowest BCUT2D eigenvalue weighted by Crippen LogP contribution is -2.56. The summed E-state index contributed by atoms with van der Waals surface area (Å²) in [7, 11) is 0. The van der Waals surface area contributed by atoms with Crippen LogP contribution in [-0.2, 0) is 0 Å². The number of rotatable bonds is 3. The minimum atomic E-state index is -4.99. The molecule has 0 aromatic heterocycles. The molecule has 1 N–H and O–H groups in total. The number of carbonyl (C=O) groups is 1. The second-order valence-corrected chi connectivity index (χ2v) is 5.95. The number of nitrogens with zero attached hydrogens (tertiary/aromatic N) is 2. The molecule has 0 saturated heterocycles. The Balaban J connectivity index is 2.39. The van der Waals surface area contributed by atoms with Crippen LogP contribution in [0.5, 0.6) is 0 Å². The van der Waals surface area contributed by atoms with Gasteiger partial charge in [-0.1, -0.05) is 29.3 Å². The first-order valence-corrected chi connectivity index (χ1v) is 7.44. The molecule has 0 radical (unpaired) electrons. The molecule has 0 saturated carbocycles. The highest BCUT2D eigenvalue weighted by Gasteiger charge is 2.63. The van der Waals surface area contributed by atoms with Gasteiger partial charge in [-0.05, 0) is 30.7 Å². The van der Waals surface area contributed by atoms with Crippen molar-refractivity contribution in [2.45, 2.75) is 38.1 Å². The van der Waals surface area contributed by atoms with Crippen LogP contribution in [0.1, 0.15) is 36.5 Å². The van der Waals surface area contributed by atoms with E-state index in [1.807, 2.05) is 0 Å². The van der Waals surface area contributed by atoms with Crippen LogP contribution >= 0.6 is 15.9 Å². The van der Waals surface area contributed by atoms with Gasteiger partial charge in [-0.3, -0.25) is 4.79 Å². The Bertz CT molecular complexity index is 601. The Morgan fingerprint density at radius 2 is 2.00 bits per heavy atom. The van der Waals surface area contributed by atoms with Crippen molar-refractivity contribution in [3.63, 3.8) is 0 Å². The summed E-state index contributed by atoms with van der Waals surface area (Å²) in [6, 6.07) is 5.81. The molecule has 1 aromatic carbocycles. The minimum Gasteiger partial charge on any atom is -0.362 e. The summed E-state index contributed by atoms with van der Waals surface area (Å²) in [5.41, 5.74) is -3.11. The minimum absolute atomic E-state index is 0.0207. The van der Waals surface area contributed by atoms with Gasteiger partial charge in [-0.2, -0.15) is 23.3 Å². The van der Waals surface area contributed by atoms with Gasteiger partial charge in [0, 0.05) is 22.2 Å². The average molecular weight is 379 g/mol. The number of alkyl halides is 3. The van der Waals surface area contributed by atoms with Crippen molar-refractivity contribution in [3.05, 3.63) is 34.3 Å². The zero-order valence-electron chi connectivity index (χ0n) is 11.7. The number of hydrazone groups is 1. The molecule has 0 aliphatic carbocycles. The maximum Gasteiger partial charge on any atom is 0.438 e. The van der Waals surface area contributed by atoms with Crippen molar-refractivity contribution < 1.29 is 23.1 Å². The molecule has 0 spiro atoms. The summed E-state index contributed by atoms with van der Waals surface area (Å²) in [4.78, 5) is 12.3. The third-order valence-corrected chi connectivity index (χ3v) is 3.85. The van der Waals surface area contributed by atoms with Gasteiger partial charge in [0.25, 0.3) is 11.6 Å². The first-order chi connectivity index (χ1) is 10.2. The second kappa shape index (κ2) is 6.00. The topological polar surface area (TPSA) is 52.9 Å². The molecule has 1 aromatic rings. The molecule has 4 nitrogen and oxygen atoms in total. The molecule has 0 fully saturated rings. The van der Waals surface area contributed by atoms with E-state index in [2.05, 4.69) is 21.0 Å². The van der Waals surface area contributed by atoms with Gasteiger partial charge < -0.3 is 5.11 Å². The van der Waals surface area contributed by atoms with Crippen LogP contribution in [0.25, 0.3) is 0 Å². The Kier molecular flexibility index (Phi) is 4.62. The Morgan fingerprint density at radius 1 is 1.41 bits per heavy atom. The molecule has 0 bridgehead atoms. The van der Waals surface area contributed by atoms with Crippen LogP contribution in [0.4, 0.5) is 13.2 Å². The molecule has 1 amide bonds. The van der Waals surface area contributed by atoms with Crippen molar-refractivity contribution in [2.75, 3.05) is 0 Å². The van der Waals surface area contributed by atoms with Crippen molar-refractivity contribution in [3.8, 4) is 0 Å². The second-order valence-electron chi connectivity index (χ2n) is 5.03. The van der Waals surface area contributed by atoms with Crippen molar-refractivity contribution >= 4 is 27.5 Å². The number of carbonyl (C=O) groups excluding carboxylic acids is 1. The molecular weight excluding hydrogens is 365 g/mol. The van der Waals surface area contributed by atoms with Gasteiger partial charge in [-0.15, -0.1) is 0 Å². The molecule has 1 atom stereocenters. The number of amides is 1. The van der Waals surface area contributed by atoms with Gasteiger partial charge in [0.2, 0.25) is 0 Å². The third kappa shape index (κ3) is 3.03. The molecule has 22 heavy (non-hydrogen) atoms. The van der Waals surface area contributed by atoms with Crippen molar-refractivity contribution in [1.29, 1.82) is 0 Å². The molecule has 1 aliphatic heterocycles. The summed E-state index contributed by atoms with van der Waals surface area (Å²) in [6.07, 6.45) is -4.83. The lowest BCUT2D eigenvalue weighted by Gasteiger charge is -2.32. The number of hydrogen-bond donors (Lipinski definition) is 1. The normalized spacial score (nSPS) is 21.9. The summed E-state index contributed by atoms with van der Waals surface area (Å²) < 4.78 is 40.4. The predicted molar refractivity (Wildman–Crippen MR) is 78.3 cm³/mol. The fourth-order valence-corrected chi connectivity index (χ4v) is 2.46. The predicted octanol–water partition coefficient (Wildman–Crippen LogP) is 3.70. The third-order valence-electron chi connectivity index (χ3n) is 3.32. The van der Waals surface area contributed by atoms with E-state index in [1.165, 1.54) is 24.3 Å². The van der Waals surface area contributed by atoms with Crippen LogP contribution < -0.4 is 0 Å². The smallest absolute Gasteiger partial charge is 0.362 e. The van der Waals surface area contributed by atoms with Crippen molar-refractivity contribution in [2.24, 2.45) is 5.10 Å². The molecule has 1 aliphatic rings. The number of halogens is 4. The monoisotopic (exact) mass is 378 g/mol. The van der Waals surface area contributed by atoms with Gasteiger partial charge >= 0.3 is 6.18 Å². The maximum atomic E-state index is 13.2. The lowest BCUT2D eigenvalue weighted by atomic mass is 10.0. The van der Waals surface area contributed by atoms with E-state index < -0.39 is 24.2 Å². The summed E-state index contributed by atoms with van der Waals surface area (Å²) in [5, 5.41) is 13.9. The van der Waals surface area contributed by atoms with Crippen LogP contribution in [0, 0.1) is 0 Å². The number of benzene rings is 1. The highest BCUT2D eigenvalue weighted by atomic mass is 79.9. The zero-order chi connectivity index (χ0) is 16.5. The molecule has 2 rings (SSSR count). The first kappa shape index (κ1) is 17.0. The van der Waals surface area contributed by atoms with E-state index in [1.54, 1.807) is 6.92 Å². The number of aliphatic hydroxyl groups is 1. The van der Waals surface area contributed by atoms with Gasteiger partial charge in [0.15, 0.2) is 0 Å². The van der Waals surface area contributed by atoms with E-state index in [4.69, 9.17) is 0 Å².